The minimum atomic E-state index is -0.0929. The average Bonchev–Trinajstić information content (AvgIpc) is 3.53. The molecule has 0 radical (unpaired) electrons. The topological polar surface area (TPSA) is 81.2 Å². The van der Waals surface area contributed by atoms with Crippen molar-refractivity contribution in [2.45, 2.75) is 44.6 Å². The summed E-state index contributed by atoms with van der Waals surface area (Å²) in [6.07, 6.45) is 6.17. The van der Waals surface area contributed by atoms with Crippen molar-refractivity contribution in [3.63, 3.8) is 0 Å². The van der Waals surface area contributed by atoms with Crippen LogP contribution in [0.5, 0.6) is 0 Å². The van der Waals surface area contributed by atoms with Crippen molar-refractivity contribution in [3.05, 3.63) is 35.7 Å². The Hall–Kier alpha value is -2.63. The van der Waals surface area contributed by atoms with Crippen LogP contribution in [0.25, 0.3) is 22.6 Å². The van der Waals surface area contributed by atoms with Crippen molar-refractivity contribution < 1.29 is 13.7 Å². The predicted octanol–water partition coefficient (Wildman–Crippen LogP) is 3.89. The van der Waals surface area contributed by atoms with Crippen LogP contribution in [0.15, 0.2) is 33.4 Å². The molecule has 3 aromatic heterocycles. The normalized spacial score (nSPS) is 18.4. The lowest BCUT2D eigenvalue weighted by Gasteiger charge is -2.13. The Morgan fingerprint density at radius 1 is 1.32 bits per heavy atom. The maximum absolute atomic E-state index is 13.0. The summed E-state index contributed by atoms with van der Waals surface area (Å²) in [5.74, 6) is 1.50. The zero-order valence-corrected chi connectivity index (χ0v) is 14.0. The average molecular weight is 337 g/mol. The lowest BCUT2D eigenvalue weighted by Crippen LogP contribution is -2.34. The third-order valence-corrected chi connectivity index (χ3v) is 5.15. The van der Waals surface area contributed by atoms with Crippen molar-refractivity contribution in [1.29, 1.82) is 0 Å². The Labute approximate surface area is 144 Å². The van der Waals surface area contributed by atoms with Gasteiger partial charge in [0.2, 0.25) is 0 Å². The highest BCUT2D eigenvalue weighted by Crippen LogP contribution is 2.41. The summed E-state index contributed by atoms with van der Waals surface area (Å²) in [4.78, 5) is 17.6. The quantitative estimate of drug-likeness (QED) is 0.764. The van der Waals surface area contributed by atoms with Crippen LogP contribution in [-0.2, 0) is 0 Å². The molecule has 2 aliphatic carbocycles. The van der Waals surface area contributed by atoms with Gasteiger partial charge < -0.3 is 14.3 Å². The van der Waals surface area contributed by atoms with Gasteiger partial charge in [-0.1, -0.05) is 5.16 Å². The molecular formula is C19H19N3O3. The molecule has 2 fully saturated rings. The number of pyridine rings is 1. The third-order valence-electron chi connectivity index (χ3n) is 5.15. The molecule has 6 heteroatoms. The van der Waals surface area contributed by atoms with Gasteiger partial charge in [0, 0.05) is 17.7 Å². The molecule has 1 N–H and O–H groups in total. The van der Waals surface area contributed by atoms with Gasteiger partial charge in [0.1, 0.15) is 0 Å². The van der Waals surface area contributed by atoms with Crippen LogP contribution in [0, 0.1) is 5.92 Å². The molecule has 0 spiro atoms. The van der Waals surface area contributed by atoms with E-state index < -0.39 is 0 Å². The number of nitrogens with one attached hydrogen (secondary N) is 1. The van der Waals surface area contributed by atoms with Crippen molar-refractivity contribution in [3.8, 4) is 11.5 Å². The van der Waals surface area contributed by atoms with E-state index in [0.717, 1.165) is 18.5 Å². The van der Waals surface area contributed by atoms with E-state index in [2.05, 4.69) is 22.4 Å². The molecule has 2 aliphatic rings. The molecule has 0 aliphatic heterocycles. The van der Waals surface area contributed by atoms with Gasteiger partial charge in [-0.15, -0.1) is 0 Å². The highest BCUT2D eigenvalue weighted by atomic mass is 16.5. The van der Waals surface area contributed by atoms with Crippen LogP contribution in [0.4, 0.5) is 0 Å². The fraction of sp³-hybridized carbons (Fsp3) is 0.421. The summed E-state index contributed by atoms with van der Waals surface area (Å²) in [5, 5.41) is 7.87. The second-order valence-corrected chi connectivity index (χ2v) is 7.16. The highest BCUT2D eigenvalue weighted by Gasteiger charge is 2.32. The number of carbonyl (C=O) groups excluding carboxylic acids is 1. The van der Waals surface area contributed by atoms with Gasteiger partial charge in [-0.05, 0) is 56.7 Å². The van der Waals surface area contributed by atoms with E-state index in [9.17, 15) is 4.79 Å². The van der Waals surface area contributed by atoms with E-state index >= 15 is 0 Å². The largest absolute Gasteiger partial charge is 0.463 e. The number of amides is 1. The summed E-state index contributed by atoms with van der Waals surface area (Å²) in [6.45, 7) is 2.07. The zero-order valence-electron chi connectivity index (χ0n) is 14.0. The zero-order chi connectivity index (χ0) is 17.0. The van der Waals surface area contributed by atoms with Gasteiger partial charge in [-0.3, -0.25) is 4.79 Å². The van der Waals surface area contributed by atoms with Crippen molar-refractivity contribution in [2.24, 2.45) is 5.92 Å². The first-order valence-corrected chi connectivity index (χ1v) is 8.86. The number of rotatable bonds is 5. The Morgan fingerprint density at radius 3 is 2.84 bits per heavy atom. The molecule has 5 rings (SSSR count). The fourth-order valence-electron chi connectivity index (χ4n) is 3.32. The lowest BCUT2D eigenvalue weighted by molar-refractivity contribution is 0.0937. The Balaban J connectivity index is 1.62. The SMILES string of the molecule is CC(NC(=O)c1cc(C2CC2)nc2onc(-c3ccco3)c12)C1CC1. The van der Waals surface area contributed by atoms with Gasteiger partial charge in [-0.25, -0.2) is 4.98 Å². The smallest absolute Gasteiger partial charge is 0.259 e. The summed E-state index contributed by atoms with van der Waals surface area (Å²) in [7, 11) is 0. The van der Waals surface area contributed by atoms with Crippen molar-refractivity contribution >= 4 is 17.0 Å². The van der Waals surface area contributed by atoms with Crippen LogP contribution in [0.1, 0.15) is 54.6 Å². The van der Waals surface area contributed by atoms with Crippen molar-refractivity contribution in [1.82, 2.24) is 15.5 Å². The van der Waals surface area contributed by atoms with E-state index in [0.29, 0.717) is 40.0 Å². The molecule has 3 heterocycles. The van der Waals surface area contributed by atoms with Gasteiger partial charge >= 0.3 is 0 Å². The molecule has 6 nitrogen and oxygen atoms in total. The number of carbonyl (C=O) groups is 1. The van der Waals surface area contributed by atoms with Gasteiger partial charge in [0.15, 0.2) is 11.5 Å². The number of hydrogen-bond donors (Lipinski definition) is 1. The number of fused-ring (bicyclic) bond motifs is 1. The Morgan fingerprint density at radius 2 is 2.16 bits per heavy atom. The number of hydrogen-bond acceptors (Lipinski definition) is 5. The summed E-state index contributed by atoms with van der Waals surface area (Å²) in [6, 6.07) is 5.67. The molecule has 0 aromatic carbocycles. The second-order valence-electron chi connectivity index (χ2n) is 7.16. The first-order chi connectivity index (χ1) is 12.2. The van der Waals surface area contributed by atoms with Crippen LogP contribution in [0.3, 0.4) is 0 Å². The Bertz CT molecular complexity index is 936. The van der Waals surface area contributed by atoms with Crippen molar-refractivity contribution in [2.75, 3.05) is 0 Å². The van der Waals surface area contributed by atoms with Crippen LogP contribution in [0.2, 0.25) is 0 Å². The van der Waals surface area contributed by atoms with Gasteiger partial charge in [0.05, 0.1) is 17.2 Å². The second kappa shape index (κ2) is 5.44. The maximum Gasteiger partial charge on any atom is 0.259 e. The molecule has 1 amide bonds. The predicted molar refractivity (Wildman–Crippen MR) is 91.1 cm³/mol. The first-order valence-electron chi connectivity index (χ1n) is 8.86. The monoisotopic (exact) mass is 337 g/mol. The lowest BCUT2D eigenvalue weighted by atomic mass is 10.1. The molecule has 1 unspecified atom stereocenters. The first kappa shape index (κ1) is 14.7. The fourth-order valence-corrected chi connectivity index (χ4v) is 3.32. The summed E-state index contributed by atoms with van der Waals surface area (Å²) in [5.41, 5.74) is 2.42. The van der Waals surface area contributed by atoms with Gasteiger partial charge in [-0.2, -0.15) is 0 Å². The molecule has 2 saturated carbocycles. The molecular weight excluding hydrogens is 318 g/mol. The number of aromatic nitrogens is 2. The van der Waals surface area contributed by atoms with E-state index in [4.69, 9.17) is 8.94 Å². The maximum atomic E-state index is 13.0. The minimum Gasteiger partial charge on any atom is -0.463 e. The van der Waals surface area contributed by atoms with Crippen LogP contribution in [-0.4, -0.2) is 22.1 Å². The van der Waals surface area contributed by atoms with Crippen LogP contribution >= 0.6 is 0 Å². The molecule has 0 saturated heterocycles. The minimum absolute atomic E-state index is 0.0929. The molecule has 128 valence electrons. The highest BCUT2D eigenvalue weighted by molar-refractivity contribution is 6.09. The molecule has 1 atom stereocenters. The standard InChI is InChI=1S/C19H19N3O3/c1-10(11-4-5-11)20-18(23)13-9-14(12-6-7-12)21-19-16(13)17(22-25-19)15-3-2-8-24-15/h2-3,8-12H,4-7H2,1H3,(H,20,23). The van der Waals surface area contributed by atoms with E-state index in [1.54, 1.807) is 18.4 Å². The van der Waals surface area contributed by atoms with Crippen LogP contribution < -0.4 is 5.32 Å². The van der Waals surface area contributed by atoms with E-state index in [-0.39, 0.29) is 11.9 Å². The van der Waals surface area contributed by atoms with Gasteiger partial charge in [0.25, 0.3) is 11.6 Å². The molecule has 3 aromatic rings. The number of furan rings is 1. The third kappa shape index (κ3) is 2.62. The summed E-state index contributed by atoms with van der Waals surface area (Å²) < 4.78 is 10.9. The van der Waals surface area contributed by atoms with E-state index in [1.807, 2.05) is 6.07 Å². The summed E-state index contributed by atoms with van der Waals surface area (Å²) >= 11 is 0. The Kier molecular flexibility index (Phi) is 3.20. The number of nitrogens with zero attached hydrogens (tertiary/aromatic N) is 2. The molecule has 25 heavy (non-hydrogen) atoms. The molecule has 0 bridgehead atoms. The van der Waals surface area contributed by atoms with E-state index in [1.165, 1.54) is 12.8 Å².